The van der Waals surface area contributed by atoms with Crippen LogP contribution in [0.3, 0.4) is 0 Å². The van der Waals surface area contributed by atoms with Crippen molar-refractivity contribution in [3.8, 4) is 16.9 Å². The van der Waals surface area contributed by atoms with Gasteiger partial charge in [-0.15, -0.1) is 0 Å². The summed E-state index contributed by atoms with van der Waals surface area (Å²) in [4.78, 5) is 28.3. The Labute approximate surface area is 212 Å². The zero-order valence-corrected chi connectivity index (χ0v) is 20.7. The van der Waals surface area contributed by atoms with Crippen molar-refractivity contribution in [2.45, 2.75) is 32.7 Å². The van der Waals surface area contributed by atoms with Gasteiger partial charge in [-0.1, -0.05) is 30.3 Å². The standard InChI is InChI=1S/C30H32N2O4/c1-2-36-27-17-22(16-25(18-27)23-6-4-3-5-7-23)20-31-14-12-30(13-15-31)19-28(33)32(21-30)26-10-8-24(9-11-26)29(34)35/h3-11,16-18H,2,12-15,19-21H2,1H3,(H,34,35). The van der Waals surface area contributed by atoms with Crippen molar-refractivity contribution in [3.05, 3.63) is 83.9 Å². The molecule has 2 heterocycles. The van der Waals surface area contributed by atoms with Crippen molar-refractivity contribution in [3.63, 3.8) is 0 Å². The summed E-state index contributed by atoms with van der Waals surface area (Å²) < 4.78 is 5.87. The zero-order valence-electron chi connectivity index (χ0n) is 20.7. The van der Waals surface area contributed by atoms with E-state index in [9.17, 15) is 9.59 Å². The van der Waals surface area contributed by atoms with Crippen LogP contribution >= 0.6 is 0 Å². The highest BCUT2D eigenvalue weighted by atomic mass is 16.5. The van der Waals surface area contributed by atoms with Crippen LogP contribution in [0.4, 0.5) is 5.69 Å². The van der Waals surface area contributed by atoms with Crippen molar-refractivity contribution < 1.29 is 19.4 Å². The van der Waals surface area contributed by atoms with Crippen molar-refractivity contribution in [2.75, 3.05) is 31.1 Å². The SMILES string of the molecule is CCOc1cc(CN2CCC3(CC2)CC(=O)N(c2ccc(C(=O)O)cc2)C3)cc(-c2ccccc2)c1. The minimum Gasteiger partial charge on any atom is -0.494 e. The molecule has 2 aliphatic heterocycles. The van der Waals surface area contributed by atoms with Gasteiger partial charge in [0.1, 0.15) is 5.75 Å². The van der Waals surface area contributed by atoms with Gasteiger partial charge in [-0.2, -0.15) is 0 Å². The number of carboxylic acid groups (broad SMARTS) is 1. The van der Waals surface area contributed by atoms with Crippen LogP contribution in [-0.2, 0) is 11.3 Å². The van der Waals surface area contributed by atoms with Crippen LogP contribution in [-0.4, -0.2) is 48.1 Å². The Bertz CT molecular complexity index is 1230. The van der Waals surface area contributed by atoms with Crippen LogP contribution in [0.25, 0.3) is 11.1 Å². The number of hydrogen-bond acceptors (Lipinski definition) is 4. The number of hydrogen-bond donors (Lipinski definition) is 1. The molecule has 0 atom stereocenters. The average Bonchev–Trinajstić information content (AvgIpc) is 3.21. The first-order valence-electron chi connectivity index (χ1n) is 12.6. The van der Waals surface area contributed by atoms with E-state index in [4.69, 9.17) is 9.84 Å². The average molecular weight is 485 g/mol. The molecule has 1 spiro atoms. The van der Waals surface area contributed by atoms with Gasteiger partial charge in [0.05, 0.1) is 12.2 Å². The molecule has 0 aromatic heterocycles. The number of anilines is 1. The van der Waals surface area contributed by atoms with E-state index in [2.05, 4.69) is 47.4 Å². The van der Waals surface area contributed by atoms with Gasteiger partial charge in [-0.25, -0.2) is 4.79 Å². The Balaban J connectivity index is 1.25. The second-order valence-electron chi connectivity index (χ2n) is 9.95. The van der Waals surface area contributed by atoms with Gasteiger partial charge in [0.15, 0.2) is 0 Å². The number of nitrogens with zero attached hydrogens (tertiary/aromatic N) is 2. The topological polar surface area (TPSA) is 70.1 Å². The van der Waals surface area contributed by atoms with Crippen molar-refractivity contribution in [2.24, 2.45) is 5.41 Å². The van der Waals surface area contributed by atoms with Crippen LogP contribution in [0, 0.1) is 5.41 Å². The lowest BCUT2D eigenvalue weighted by atomic mass is 9.77. The van der Waals surface area contributed by atoms with Crippen molar-refractivity contribution >= 4 is 17.6 Å². The zero-order chi connectivity index (χ0) is 25.1. The van der Waals surface area contributed by atoms with Gasteiger partial charge in [0.2, 0.25) is 5.91 Å². The molecule has 186 valence electrons. The van der Waals surface area contributed by atoms with E-state index in [1.54, 1.807) is 24.3 Å². The van der Waals surface area contributed by atoms with Crippen molar-refractivity contribution in [1.29, 1.82) is 0 Å². The quantitative estimate of drug-likeness (QED) is 0.482. The maximum atomic E-state index is 12.9. The second kappa shape index (κ2) is 10.2. The molecule has 0 saturated carbocycles. The van der Waals surface area contributed by atoms with E-state index in [-0.39, 0.29) is 16.9 Å². The molecule has 1 amide bonds. The number of benzene rings is 3. The molecule has 0 aliphatic carbocycles. The maximum Gasteiger partial charge on any atom is 0.335 e. The molecule has 0 bridgehead atoms. The predicted molar refractivity (Wildman–Crippen MR) is 140 cm³/mol. The van der Waals surface area contributed by atoms with E-state index >= 15 is 0 Å². The Kier molecular flexibility index (Phi) is 6.79. The molecule has 5 rings (SSSR count). The van der Waals surface area contributed by atoms with Gasteiger partial charge in [0, 0.05) is 25.2 Å². The highest BCUT2D eigenvalue weighted by Crippen LogP contribution is 2.43. The lowest BCUT2D eigenvalue weighted by Crippen LogP contribution is -2.41. The Hall–Kier alpha value is -3.64. The first-order chi connectivity index (χ1) is 17.4. The number of ether oxygens (including phenoxy) is 1. The minimum atomic E-state index is -0.958. The van der Waals surface area contributed by atoms with Crippen molar-refractivity contribution in [1.82, 2.24) is 4.90 Å². The highest BCUT2D eigenvalue weighted by molar-refractivity contribution is 5.97. The maximum absolute atomic E-state index is 12.9. The van der Waals surface area contributed by atoms with Crippen LogP contribution in [0.1, 0.15) is 42.1 Å². The monoisotopic (exact) mass is 484 g/mol. The third kappa shape index (κ3) is 5.14. The Morgan fingerprint density at radius 3 is 2.36 bits per heavy atom. The molecule has 1 N–H and O–H groups in total. The van der Waals surface area contributed by atoms with Crippen LogP contribution in [0.5, 0.6) is 5.75 Å². The normalized spacial score (nSPS) is 17.5. The lowest BCUT2D eigenvalue weighted by molar-refractivity contribution is -0.118. The number of aromatic carboxylic acids is 1. The minimum absolute atomic E-state index is 0.0125. The Morgan fingerprint density at radius 1 is 0.972 bits per heavy atom. The Morgan fingerprint density at radius 2 is 1.69 bits per heavy atom. The molecule has 0 radical (unpaired) electrons. The van der Waals surface area contributed by atoms with Crippen LogP contribution < -0.4 is 9.64 Å². The third-order valence-electron chi connectivity index (χ3n) is 7.45. The fraction of sp³-hybridized carbons (Fsp3) is 0.333. The molecule has 2 saturated heterocycles. The van der Waals surface area contributed by atoms with E-state index in [0.717, 1.165) is 49.5 Å². The summed E-state index contributed by atoms with van der Waals surface area (Å²) in [6.45, 7) is 6.07. The number of piperidine rings is 1. The van der Waals surface area contributed by atoms with Gasteiger partial charge >= 0.3 is 5.97 Å². The summed E-state index contributed by atoms with van der Waals surface area (Å²) >= 11 is 0. The molecule has 0 unspecified atom stereocenters. The summed E-state index contributed by atoms with van der Waals surface area (Å²) in [5.74, 6) is 0.0672. The smallest absolute Gasteiger partial charge is 0.335 e. The largest absolute Gasteiger partial charge is 0.494 e. The third-order valence-corrected chi connectivity index (χ3v) is 7.45. The number of likely N-dealkylation sites (tertiary alicyclic amines) is 1. The van der Waals surface area contributed by atoms with E-state index < -0.39 is 5.97 Å². The molecule has 2 aliphatic rings. The number of carboxylic acids is 1. The van der Waals surface area contributed by atoms with Gasteiger partial charge in [-0.05, 0) is 97.4 Å². The molecule has 3 aromatic rings. The van der Waals surface area contributed by atoms with Gasteiger partial charge in [0.25, 0.3) is 0 Å². The molecule has 6 nitrogen and oxygen atoms in total. The summed E-state index contributed by atoms with van der Waals surface area (Å²) in [6, 6.07) is 23.5. The predicted octanol–water partition coefficient (Wildman–Crippen LogP) is 5.47. The molecular weight excluding hydrogens is 452 g/mol. The van der Waals surface area contributed by atoms with E-state index in [1.165, 1.54) is 11.1 Å². The highest BCUT2D eigenvalue weighted by Gasteiger charge is 2.45. The first-order valence-corrected chi connectivity index (χ1v) is 12.6. The first kappa shape index (κ1) is 24.1. The number of amides is 1. The molecule has 2 fully saturated rings. The second-order valence-corrected chi connectivity index (χ2v) is 9.95. The molecule has 36 heavy (non-hydrogen) atoms. The fourth-order valence-electron chi connectivity index (χ4n) is 5.49. The lowest BCUT2D eigenvalue weighted by Gasteiger charge is -2.39. The molecule has 6 heteroatoms. The van der Waals surface area contributed by atoms with Gasteiger partial charge < -0.3 is 14.7 Å². The van der Waals surface area contributed by atoms with E-state index in [0.29, 0.717) is 19.6 Å². The van der Waals surface area contributed by atoms with Crippen LogP contribution in [0.15, 0.2) is 72.8 Å². The summed E-state index contributed by atoms with van der Waals surface area (Å²) in [5.41, 5.74) is 4.58. The summed E-state index contributed by atoms with van der Waals surface area (Å²) in [7, 11) is 0. The number of carbonyl (C=O) groups excluding carboxylic acids is 1. The number of carbonyl (C=O) groups is 2. The van der Waals surface area contributed by atoms with Gasteiger partial charge in [-0.3, -0.25) is 9.69 Å². The number of rotatable bonds is 7. The van der Waals surface area contributed by atoms with E-state index in [1.807, 2.05) is 17.9 Å². The summed E-state index contributed by atoms with van der Waals surface area (Å²) in [5, 5.41) is 9.15. The van der Waals surface area contributed by atoms with Crippen LogP contribution in [0.2, 0.25) is 0 Å². The summed E-state index contributed by atoms with van der Waals surface area (Å²) in [6.07, 6.45) is 2.50. The molecular formula is C30H32N2O4. The molecule has 3 aromatic carbocycles. The fourth-order valence-corrected chi connectivity index (χ4v) is 5.49.